The van der Waals surface area contributed by atoms with Gasteiger partial charge in [0, 0.05) is 13.2 Å². The lowest BCUT2D eigenvalue weighted by atomic mass is 10.2. The number of aromatic nitrogens is 4. The molecule has 2 heterocycles. The number of fused-ring (bicyclic) bond motifs is 1. The zero-order valence-corrected chi connectivity index (χ0v) is 11.2. The predicted molar refractivity (Wildman–Crippen MR) is 70.0 cm³/mol. The van der Waals surface area contributed by atoms with Crippen molar-refractivity contribution in [1.82, 2.24) is 19.6 Å². The van der Waals surface area contributed by atoms with Crippen LogP contribution >= 0.6 is 11.6 Å². The molecule has 0 fully saturated rings. The molecule has 2 aromatic rings. The number of ether oxygens (including phenoxy) is 1. The topological polar surface area (TPSA) is 64.3 Å². The molecule has 0 radical (unpaired) electrons. The van der Waals surface area contributed by atoms with Crippen LogP contribution in [-0.4, -0.2) is 39.3 Å². The van der Waals surface area contributed by atoms with Gasteiger partial charge in [-0.1, -0.05) is 24.9 Å². The highest BCUT2D eigenvalue weighted by Crippen LogP contribution is 2.16. The summed E-state index contributed by atoms with van der Waals surface area (Å²) in [6, 6.07) is 1.95. The Morgan fingerprint density at radius 2 is 2.39 bits per heavy atom. The van der Waals surface area contributed by atoms with E-state index in [-0.39, 0.29) is 6.04 Å². The number of anilines is 1. The molecule has 18 heavy (non-hydrogen) atoms. The first kappa shape index (κ1) is 13.0. The van der Waals surface area contributed by atoms with Gasteiger partial charge in [0.1, 0.15) is 17.3 Å². The summed E-state index contributed by atoms with van der Waals surface area (Å²) in [6.07, 6.45) is 3.53. The summed E-state index contributed by atoms with van der Waals surface area (Å²) < 4.78 is 6.83. The van der Waals surface area contributed by atoms with Gasteiger partial charge in [-0.15, -0.1) is 0 Å². The van der Waals surface area contributed by atoms with Crippen LogP contribution in [0.4, 0.5) is 5.82 Å². The fraction of sp³-hybridized carbons (Fsp3) is 0.545. The second-order valence-corrected chi connectivity index (χ2v) is 4.41. The highest BCUT2D eigenvalue weighted by molar-refractivity contribution is 6.29. The van der Waals surface area contributed by atoms with Gasteiger partial charge < -0.3 is 10.1 Å². The van der Waals surface area contributed by atoms with E-state index >= 15 is 0 Å². The van der Waals surface area contributed by atoms with Gasteiger partial charge in [0.2, 0.25) is 0 Å². The lowest BCUT2D eigenvalue weighted by molar-refractivity contribution is 0.182. The first-order chi connectivity index (χ1) is 8.74. The van der Waals surface area contributed by atoms with Crippen molar-refractivity contribution in [2.45, 2.75) is 25.8 Å². The van der Waals surface area contributed by atoms with Crippen LogP contribution in [0.1, 0.15) is 19.8 Å². The van der Waals surface area contributed by atoms with Crippen molar-refractivity contribution in [2.24, 2.45) is 0 Å². The van der Waals surface area contributed by atoms with Gasteiger partial charge in [-0.2, -0.15) is 19.6 Å². The van der Waals surface area contributed by atoms with Crippen LogP contribution in [0.15, 0.2) is 12.4 Å². The van der Waals surface area contributed by atoms with E-state index in [4.69, 9.17) is 16.3 Å². The molecule has 0 spiro atoms. The first-order valence-corrected chi connectivity index (χ1v) is 6.24. The van der Waals surface area contributed by atoms with Crippen LogP contribution in [0.5, 0.6) is 0 Å². The highest BCUT2D eigenvalue weighted by Gasteiger charge is 2.12. The maximum atomic E-state index is 5.95. The SMILES string of the molecule is CCCC(COC)Nc1cc(Cl)nc2ncnn12. The molecule has 2 rings (SSSR count). The maximum absolute atomic E-state index is 5.95. The highest BCUT2D eigenvalue weighted by atomic mass is 35.5. The maximum Gasteiger partial charge on any atom is 0.255 e. The fourth-order valence-corrected chi connectivity index (χ4v) is 2.02. The molecule has 2 aromatic heterocycles. The number of hydrogen-bond donors (Lipinski definition) is 1. The standard InChI is InChI=1S/C11H16ClN5O/c1-3-4-8(6-18-2)15-10-5-9(12)16-11-13-7-14-17(10)11/h5,7-8,15H,3-4,6H2,1-2H3. The summed E-state index contributed by atoms with van der Waals surface area (Å²) in [6.45, 7) is 2.76. The lowest BCUT2D eigenvalue weighted by Crippen LogP contribution is -2.26. The van der Waals surface area contributed by atoms with Crippen LogP contribution in [0.3, 0.4) is 0 Å². The van der Waals surface area contributed by atoms with E-state index < -0.39 is 0 Å². The molecule has 7 heteroatoms. The van der Waals surface area contributed by atoms with Gasteiger partial charge in [0.15, 0.2) is 0 Å². The monoisotopic (exact) mass is 269 g/mol. The minimum atomic E-state index is 0.214. The molecule has 0 amide bonds. The minimum Gasteiger partial charge on any atom is -0.383 e. The Labute approximate surface area is 110 Å². The van der Waals surface area contributed by atoms with Crippen LogP contribution in [0, 0.1) is 0 Å². The Hall–Kier alpha value is -1.40. The largest absolute Gasteiger partial charge is 0.383 e. The summed E-state index contributed by atoms with van der Waals surface area (Å²) in [7, 11) is 1.69. The Balaban J connectivity index is 2.26. The van der Waals surface area contributed by atoms with Gasteiger partial charge in [0.05, 0.1) is 12.6 Å². The van der Waals surface area contributed by atoms with Gasteiger partial charge in [0.25, 0.3) is 5.78 Å². The molecule has 0 bridgehead atoms. The molecular formula is C11H16ClN5O. The van der Waals surface area contributed by atoms with Gasteiger partial charge >= 0.3 is 0 Å². The van der Waals surface area contributed by atoms with E-state index in [0.717, 1.165) is 18.7 Å². The molecule has 1 N–H and O–H groups in total. The summed E-state index contributed by atoms with van der Waals surface area (Å²) in [5, 5.41) is 7.87. The molecule has 1 atom stereocenters. The van der Waals surface area contributed by atoms with E-state index in [1.807, 2.05) is 0 Å². The Morgan fingerprint density at radius 1 is 1.56 bits per heavy atom. The number of nitrogens with one attached hydrogen (secondary N) is 1. The summed E-state index contributed by atoms with van der Waals surface area (Å²) in [4.78, 5) is 8.10. The number of methoxy groups -OCH3 is 1. The molecule has 1 unspecified atom stereocenters. The number of nitrogens with zero attached hydrogens (tertiary/aromatic N) is 4. The number of rotatable bonds is 6. The minimum absolute atomic E-state index is 0.214. The van der Waals surface area contributed by atoms with Crippen LogP contribution in [0.25, 0.3) is 5.78 Å². The molecule has 0 aromatic carbocycles. The van der Waals surface area contributed by atoms with E-state index in [1.54, 1.807) is 17.7 Å². The van der Waals surface area contributed by atoms with E-state index in [9.17, 15) is 0 Å². The van der Waals surface area contributed by atoms with Crippen molar-refractivity contribution >= 4 is 23.2 Å². The molecule has 0 aliphatic rings. The van der Waals surface area contributed by atoms with Gasteiger partial charge in [-0.05, 0) is 6.42 Å². The quantitative estimate of drug-likeness (QED) is 0.813. The third kappa shape index (κ3) is 2.88. The fourth-order valence-electron chi connectivity index (χ4n) is 1.84. The number of halogens is 1. The normalized spacial score (nSPS) is 12.8. The lowest BCUT2D eigenvalue weighted by Gasteiger charge is -2.18. The van der Waals surface area contributed by atoms with Crippen molar-refractivity contribution in [3.63, 3.8) is 0 Å². The van der Waals surface area contributed by atoms with E-state index in [2.05, 4.69) is 27.3 Å². The predicted octanol–water partition coefficient (Wildman–Crippen LogP) is 2.00. The first-order valence-electron chi connectivity index (χ1n) is 5.86. The number of hydrogen-bond acceptors (Lipinski definition) is 5. The van der Waals surface area contributed by atoms with E-state index in [0.29, 0.717) is 17.5 Å². The van der Waals surface area contributed by atoms with Crippen molar-refractivity contribution < 1.29 is 4.74 Å². The smallest absolute Gasteiger partial charge is 0.255 e. The molecule has 0 saturated heterocycles. The Bertz CT molecular complexity index is 509. The molecule has 6 nitrogen and oxygen atoms in total. The average molecular weight is 270 g/mol. The van der Waals surface area contributed by atoms with Crippen molar-refractivity contribution in [2.75, 3.05) is 19.0 Å². The third-order valence-electron chi connectivity index (χ3n) is 2.58. The second-order valence-electron chi connectivity index (χ2n) is 4.02. The molecule has 0 saturated carbocycles. The molecule has 0 aliphatic heterocycles. The second kappa shape index (κ2) is 5.97. The Kier molecular flexibility index (Phi) is 4.33. The third-order valence-corrected chi connectivity index (χ3v) is 2.77. The zero-order chi connectivity index (χ0) is 13.0. The van der Waals surface area contributed by atoms with Crippen LogP contribution in [0.2, 0.25) is 5.15 Å². The molecular weight excluding hydrogens is 254 g/mol. The molecule has 0 aliphatic carbocycles. The van der Waals surface area contributed by atoms with Crippen LogP contribution in [-0.2, 0) is 4.74 Å². The summed E-state index contributed by atoms with van der Waals surface area (Å²) >= 11 is 5.95. The van der Waals surface area contributed by atoms with Crippen molar-refractivity contribution in [3.8, 4) is 0 Å². The van der Waals surface area contributed by atoms with Gasteiger partial charge in [-0.25, -0.2) is 0 Å². The van der Waals surface area contributed by atoms with Crippen molar-refractivity contribution in [1.29, 1.82) is 0 Å². The van der Waals surface area contributed by atoms with Gasteiger partial charge in [-0.3, -0.25) is 0 Å². The zero-order valence-electron chi connectivity index (χ0n) is 10.4. The average Bonchev–Trinajstić information content (AvgIpc) is 2.77. The molecule has 98 valence electrons. The Morgan fingerprint density at radius 3 is 3.11 bits per heavy atom. The van der Waals surface area contributed by atoms with Crippen LogP contribution < -0.4 is 5.32 Å². The van der Waals surface area contributed by atoms with E-state index in [1.165, 1.54) is 6.33 Å². The summed E-state index contributed by atoms with van der Waals surface area (Å²) in [5.41, 5.74) is 0. The van der Waals surface area contributed by atoms with Crippen molar-refractivity contribution in [3.05, 3.63) is 17.5 Å². The summed E-state index contributed by atoms with van der Waals surface area (Å²) in [5.74, 6) is 1.26.